The van der Waals surface area contributed by atoms with Gasteiger partial charge in [0.05, 0.1) is 0 Å². The molecule has 0 aliphatic heterocycles. The van der Waals surface area contributed by atoms with Gasteiger partial charge in [-0.1, -0.05) is 51.5 Å². The molecule has 0 amide bonds. The SMILES string of the molecule is CCNc1ncccc1-c1ccc(CCc2ncc(CC(C)(C)CC)[nH]2)cc1.O=CO. The van der Waals surface area contributed by atoms with Gasteiger partial charge < -0.3 is 15.4 Å². The quantitative estimate of drug-likeness (QED) is 0.403. The highest BCUT2D eigenvalue weighted by Gasteiger charge is 2.17. The molecule has 0 radical (unpaired) electrons. The van der Waals surface area contributed by atoms with E-state index in [2.05, 4.69) is 78.3 Å². The number of hydrogen-bond acceptors (Lipinski definition) is 4. The zero-order valence-electron chi connectivity index (χ0n) is 19.0. The minimum Gasteiger partial charge on any atom is -0.483 e. The number of pyridine rings is 1. The zero-order chi connectivity index (χ0) is 22.7. The van der Waals surface area contributed by atoms with E-state index in [1.807, 2.05) is 18.5 Å². The Morgan fingerprint density at radius 1 is 1.10 bits per heavy atom. The Bertz CT molecular complexity index is 933. The minimum absolute atomic E-state index is 0.250. The Morgan fingerprint density at radius 2 is 1.81 bits per heavy atom. The Balaban J connectivity index is 0.00000107. The monoisotopic (exact) mass is 422 g/mol. The van der Waals surface area contributed by atoms with Gasteiger partial charge in [-0.25, -0.2) is 9.97 Å². The first-order valence-electron chi connectivity index (χ1n) is 10.8. The third-order valence-electron chi connectivity index (χ3n) is 5.37. The van der Waals surface area contributed by atoms with Gasteiger partial charge in [0.2, 0.25) is 0 Å². The van der Waals surface area contributed by atoms with Gasteiger partial charge in [-0.05, 0) is 48.4 Å². The van der Waals surface area contributed by atoms with Crippen molar-refractivity contribution in [3.8, 4) is 11.1 Å². The van der Waals surface area contributed by atoms with Gasteiger partial charge in [0.25, 0.3) is 6.47 Å². The van der Waals surface area contributed by atoms with E-state index < -0.39 is 0 Å². The van der Waals surface area contributed by atoms with Crippen molar-refractivity contribution in [1.82, 2.24) is 15.0 Å². The second-order valence-corrected chi connectivity index (χ2v) is 8.28. The maximum absolute atomic E-state index is 8.36. The highest BCUT2D eigenvalue weighted by atomic mass is 16.3. The van der Waals surface area contributed by atoms with Crippen LogP contribution < -0.4 is 5.32 Å². The fourth-order valence-electron chi connectivity index (χ4n) is 3.32. The Labute approximate surface area is 185 Å². The Hall–Kier alpha value is -3.15. The number of carbonyl (C=O) groups is 1. The lowest BCUT2D eigenvalue weighted by molar-refractivity contribution is -0.122. The number of benzene rings is 1. The van der Waals surface area contributed by atoms with Crippen molar-refractivity contribution >= 4 is 12.3 Å². The number of imidazole rings is 1. The molecule has 6 heteroatoms. The fourth-order valence-corrected chi connectivity index (χ4v) is 3.32. The highest BCUT2D eigenvalue weighted by molar-refractivity contribution is 5.75. The summed E-state index contributed by atoms with van der Waals surface area (Å²) in [5, 5.41) is 10.2. The molecule has 0 saturated carbocycles. The van der Waals surface area contributed by atoms with Crippen LogP contribution in [0.2, 0.25) is 0 Å². The molecular formula is C25H34N4O2. The number of carboxylic acid groups (broad SMARTS) is 1. The average molecular weight is 423 g/mol. The first kappa shape index (κ1) is 24.1. The van der Waals surface area contributed by atoms with E-state index in [0.717, 1.165) is 43.0 Å². The maximum Gasteiger partial charge on any atom is 0.290 e. The average Bonchev–Trinajstić information content (AvgIpc) is 3.20. The van der Waals surface area contributed by atoms with Crippen LogP contribution in [0.15, 0.2) is 48.8 Å². The highest BCUT2D eigenvalue weighted by Crippen LogP contribution is 2.27. The molecule has 0 saturated heterocycles. The molecule has 3 rings (SSSR count). The third kappa shape index (κ3) is 7.55. The van der Waals surface area contributed by atoms with Crippen LogP contribution in [0.25, 0.3) is 11.1 Å². The number of aromatic amines is 1. The van der Waals surface area contributed by atoms with Crippen molar-refractivity contribution < 1.29 is 9.90 Å². The summed E-state index contributed by atoms with van der Waals surface area (Å²) in [5.74, 6) is 2.02. The van der Waals surface area contributed by atoms with Gasteiger partial charge in [-0.15, -0.1) is 0 Å². The predicted molar refractivity (Wildman–Crippen MR) is 126 cm³/mol. The van der Waals surface area contributed by atoms with Crippen LogP contribution in [-0.4, -0.2) is 33.1 Å². The lowest BCUT2D eigenvalue weighted by Crippen LogP contribution is -2.13. The molecule has 3 aromatic rings. The number of aryl methyl sites for hydroxylation is 2. The van der Waals surface area contributed by atoms with E-state index in [0.29, 0.717) is 5.41 Å². The molecule has 0 bridgehead atoms. The molecule has 2 heterocycles. The minimum atomic E-state index is -0.250. The van der Waals surface area contributed by atoms with Gasteiger partial charge in [-0.3, -0.25) is 4.79 Å². The van der Waals surface area contributed by atoms with Crippen molar-refractivity contribution in [2.24, 2.45) is 5.41 Å². The first-order chi connectivity index (χ1) is 14.9. The molecular weight excluding hydrogens is 388 g/mol. The number of H-pyrrole nitrogens is 1. The summed E-state index contributed by atoms with van der Waals surface area (Å²) < 4.78 is 0. The summed E-state index contributed by atoms with van der Waals surface area (Å²) in [4.78, 5) is 20.9. The summed E-state index contributed by atoms with van der Waals surface area (Å²) in [6.45, 7) is 9.55. The Kier molecular flexibility index (Phi) is 9.25. The largest absolute Gasteiger partial charge is 0.483 e. The van der Waals surface area contributed by atoms with Crippen LogP contribution in [-0.2, 0) is 24.1 Å². The third-order valence-corrected chi connectivity index (χ3v) is 5.37. The molecule has 31 heavy (non-hydrogen) atoms. The summed E-state index contributed by atoms with van der Waals surface area (Å²) >= 11 is 0. The van der Waals surface area contributed by atoms with Crippen LogP contribution in [0.5, 0.6) is 0 Å². The van der Waals surface area contributed by atoms with Crippen LogP contribution in [0, 0.1) is 5.41 Å². The van der Waals surface area contributed by atoms with E-state index in [1.165, 1.54) is 23.2 Å². The topological polar surface area (TPSA) is 90.9 Å². The van der Waals surface area contributed by atoms with Gasteiger partial charge in [0.1, 0.15) is 11.6 Å². The first-order valence-corrected chi connectivity index (χ1v) is 10.8. The van der Waals surface area contributed by atoms with E-state index in [4.69, 9.17) is 9.90 Å². The lowest BCUT2D eigenvalue weighted by atomic mass is 9.85. The fraction of sp³-hybridized carbons (Fsp3) is 0.400. The normalized spacial score (nSPS) is 10.8. The van der Waals surface area contributed by atoms with Crippen molar-refractivity contribution in [3.63, 3.8) is 0 Å². The number of aromatic nitrogens is 3. The molecule has 2 aromatic heterocycles. The molecule has 0 unspecified atom stereocenters. The molecule has 3 N–H and O–H groups in total. The number of rotatable bonds is 9. The maximum atomic E-state index is 8.36. The number of hydrogen-bond donors (Lipinski definition) is 3. The lowest BCUT2D eigenvalue weighted by Gasteiger charge is -2.21. The standard InChI is InChI=1S/C24H32N4.CH2O2/c1-5-24(3,4)16-20-17-27-22(28-20)14-11-18-9-12-19(13-10-18)21-8-7-15-26-23(21)25-6-2;2-1-3/h7-10,12-13,15,17H,5-6,11,14,16H2,1-4H3,(H,25,26)(H,27,28);1H,(H,2,3). The van der Waals surface area contributed by atoms with Crippen molar-refractivity contribution in [2.75, 3.05) is 11.9 Å². The van der Waals surface area contributed by atoms with E-state index in [9.17, 15) is 0 Å². The molecule has 1 aromatic carbocycles. The van der Waals surface area contributed by atoms with Gasteiger partial charge in [0.15, 0.2) is 0 Å². The molecule has 6 nitrogen and oxygen atoms in total. The van der Waals surface area contributed by atoms with E-state index >= 15 is 0 Å². The molecule has 0 fully saturated rings. The summed E-state index contributed by atoms with van der Waals surface area (Å²) in [6, 6.07) is 12.9. The van der Waals surface area contributed by atoms with Crippen LogP contribution in [0.4, 0.5) is 5.82 Å². The van der Waals surface area contributed by atoms with Crippen molar-refractivity contribution in [2.45, 2.75) is 53.4 Å². The summed E-state index contributed by atoms with van der Waals surface area (Å²) in [6.07, 6.45) is 7.96. The smallest absolute Gasteiger partial charge is 0.290 e. The number of anilines is 1. The summed E-state index contributed by atoms with van der Waals surface area (Å²) in [7, 11) is 0. The van der Waals surface area contributed by atoms with Gasteiger partial charge in [0, 0.05) is 36.6 Å². The van der Waals surface area contributed by atoms with Crippen LogP contribution in [0.3, 0.4) is 0 Å². The van der Waals surface area contributed by atoms with Crippen LogP contribution in [0.1, 0.15) is 51.2 Å². The second-order valence-electron chi connectivity index (χ2n) is 8.28. The van der Waals surface area contributed by atoms with E-state index in [1.54, 1.807) is 0 Å². The van der Waals surface area contributed by atoms with Crippen LogP contribution >= 0.6 is 0 Å². The molecule has 0 atom stereocenters. The van der Waals surface area contributed by atoms with Crippen molar-refractivity contribution in [1.29, 1.82) is 0 Å². The van der Waals surface area contributed by atoms with Gasteiger partial charge >= 0.3 is 0 Å². The molecule has 0 aliphatic rings. The Morgan fingerprint density at radius 3 is 2.45 bits per heavy atom. The van der Waals surface area contributed by atoms with Gasteiger partial charge in [-0.2, -0.15) is 0 Å². The second kappa shape index (κ2) is 11.9. The summed E-state index contributed by atoms with van der Waals surface area (Å²) in [5.41, 5.74) is 5.21. The molecule has 0 aliphatic carbocycles. The number of nitrogens with one attached hydrogen (secondary N) is 2. The zero-order valence-corrected chi connectivity index (χ0v) is 19.0. The van der Waals surface area contributed by atoms with E-state index in [-0.39, 0.29) is 6.47 Å². The van der Waals surface area contributed by atoms with Crippen molar-refractivity contribution in [3.05, 3.63) is 65.9 Å². The molecule has 0 spiro atoms. The molecule has 166 valence electrons. The predicted octanol–water partition coefficient (Wildman–Crippen LogP) is 5.37. The number of nitrogens with zero attached hydrogens (tertiary/aromatic N) is 2.